The average Bonchev–Trinajstić information content (AvgIpc) is 2.81. The number of benzene rings is 2. The second-order valence-electron chi connectivity index (χ2n) is 6.02. The number of ether oxygens (including phenoxy) is 2. The van der Waals surface area contributed by atoms with Gasteiger partial charge < -0.3 is 14.8 Å². The van der Waals surface area contributed by atoms with Gasteiger partial charge in [-0.3, -0.25) is 9.69 Å². The first-order valence-corrected chi connectivity index (χ1v) is 8.61. The third-order valence-corrected chi connectivity index (χ3v) is 4.21. The highest BCUT2D eigenvalue weighted by molar-refractivity contribution is 6.31. The van der Waals surface area contributed by atoms with Crippen molar-refractivity contribution >= 4 is 23.2 Å². The van der Waals surface area contributed by atoms with E-state index in [0.717, 1.165) is 12.0 Å². The summed E-state index contributed by atoms with van der Waals surface area (Å²) in [7, 11) is 1.89. The monoisotopic (exact) mass is 360 g/mol. The number of carbonyl (C=O) groups is 1. The highest BCUT2D eigenvalue weighted by atomic mass is 35.5. The summed E-state index contributed by atoms with van der Waals surface area (Å²) in [5, 5.41) is 3.60. The minimum Gasteiger partial charge on any atom is -0.490 e. The van der Waals surface area contributed by atoms with Crippen LogP contribution < -0.4 is 14.8 Å². The van der Waals surface area contributed by atoms with Crippen LogP contribution >= 0.6 is 11.6 Å². The maximum Gasteiger partial charge on any atom is 0.238 e. The first kappa shape index (κ1) is 17.6. The van der Waals surface area contributed by atoms with Gasteiger partial charge in [0.25, 0.3) is 0 Å². The zero-order chi connectivity index (χ0) is 17.6. The van der Waals surface area contributed by atoms with Crippen molar-refractivity contribution in [2.24, 2.45) is 0 Å². The topological polar surface area (TPSA) is 50.8 Å². The Kier molecular flexibility index (Phi) is 5.79. The van der Waals surface area contributed by atoms with Crippen LogP contribution in [0.2, 0.25) is 5.02 Å². The number of nitrogens with zero attached hydrogens (tertiary/aromatic N) is 1. The summed E-state index contributed by atoms with van der Waals surface area (Å²) in [4.78, 5) is 14.2. The molecule has 6 heteroatoms. The van der Waals surface area contributed by atoms with Gasteiger partial charge in [0, 0.05) is 29.7 Å². The molecular formula is C19H21ClN2O3. The van der Waals surface area contributed by atoms with Gasteiger partial charge >= 0.3 is 0 Å². The summed E-state index contributed by atoms with van der Waals surface area (Å²) in [5.74, 6) is 1.29. The highest BCUT2D eigenvalue weighted by Crippen LogP contribution is 2.32. The van der Waals surface area contributed by atoms with Gasteiger partial charge in [-0.2, -0.15) is 0 Å². The molecule has 0 fully saturated rings. The minimum atomic E-state index is -0.0935. The van der Waals surface area contributed by atoms with Crippen LogP contribution in [0.5, 0.6) is 11.5 Å². The number of anilines is 1. The predicted octanol–water partition coefficient (Wildman–Crippen LogP) is 3.57. The fourth-order valence-electron chi connectivity index (χ4n) is 2.66. The smallest absolute Gasteiger partial charge is 0.238 e. The molecule has 0 unspecified atom stereocenters. The van der Waals surface area contributed by atoms with Crippen LogP contribution in [-0.2, 0) is 11.3 Å². The molecule has 1 amide bonds. The molecule has 25 heavy (non-hydrogen) atoms. The minimum absolute atomic E-state index is 0.0935. The zero-order valence-electron chi connectivity index (χ0n) is 14.1. The van der Waals surface area contributed by atoms with Crippen molar-refractivity contribution in [1.82, 2.24) is 4.90 Å². The second kappa shape index (κ2) is 8.23. The van der Waals surface area contributed by atoms with E-state index in [2.05, 4.69) is 5.32 Å². The molecule has 0 aromatic heterocycles. The van der Waals surface area contributed by atoms with E-state index < -0.39 is 0 Å². The fraction of sp³-hybridized carbons (Fsp3) is 0.316. The third-order valence-electron chi connectivity index (χ3n) is 3.84. The number of fused-ring (bicyclic) bond motifs is 1. The molecule has 2 aromatic rings. The Morgan fingerprint density at radius 1 is 1.16 bits per heavy atom. The Bertz CT molecular complexity index is 751. The summed E-state index contributed by atoms with van der Waals surface area (Å²) in [6.45, 7) is 2.13. The molecular weight excluding hydrogens is 340 g/mol. The van der Waals surface area contributed by atoms with Crippen LogP contribution in [0.4, 0.5) is 5.69 Å². The Morgan fingerprint density at radius 2 is 1.92 bits per heavy atom. The summed E-state index contributed by atoms with van der Waals surface area (Å²) in [6.07, 6.45) is 0.850. The molecule has 0 atom stereocenters. The van der Waals surface area contributed by atoms with E-state index in [4.69, 9.17) is 21.1 Å². The van der Waals surface area contributed by atoms with Gasteiger partial charge in [0.15, 0.2) is 11.5 Å². The van der Waals surface area contributed by atoms with Gasteiger partial charge in [-0.05, 0) is 30.8 Å². The molecule has 1 heterocycles. The molecule has 1 aliphatic heterocycles. The van der Waals surface area contributed by atoms with Gasteiger partial charge in [-0.15, -0.1) is 0 Å². The molecule has 1 aliphatic rings. The van der Waals surface area contributed by atoms with E-state index in [1.165, 1.54) is 0 Å². The van der Waals surface area contributed by atoms with Crippen molar-refractivity contribution < 1.29 is 14.3 Å². The number of likely N-dealkylation sites (N-methyl/N-ethyl adjacent to an activating group) is 1. The number of carbonyl (C=O) groups excluding carboxylic acids is 1. The fourth-order valence-corrected chi connectivity index (χ4v) is 2.86. The van der Waals surface area contributed by atoms with Crippen molar-refractivity contribution in [3.05, 3.63) is 53.1 Å². The molecule has 5 nitrogen and oxygen atoms in total. The van der Waals surface area contributed by atoms with E-state index in [1.54, 1.807) is 6.07 Å². The predicted molar refractivity (Wildman–Crippen MR) is 98.5 cm³/mol. The maximum absolute atomic E-state index is 12.3. The molecule has 0 saturated heterocycles. The number of rotatable bonds is 5. The van der Waals surface area contributed by atoms with Crippen molar-refractivity contribution in [2.45, 2.75) is 13.0 Å². The standard InChI is InChI=1S/C19H21ClN2O3/c1-22(12-14-5-2-3-6-16(14)20)13-19(23)21-15-7-8-17-18(11-15)25-10-4-9-24-17/h2-3,5-8,11H,4,9-10,12-13H2,1H3,(H,21,23). The maximum atomic E-state index is 12.3. The first-order valence-electron chi connectivity index (χ1n) is 8.23. The lowest BCUT2D eigenvalue weighted by Gasteiger charge is -2.17. The Morgan fingerprint density at radius 3 is 2.72 bits per heavy atom. The van der Waals surface area contributed by atoms with E-state index in [0.29, 0.717) is 42.0 Å². The van der Waals surface area contributed by atoms with Crippen LogP contribution in [0.25, 0.3) is 0 Å². The largest absolute Gasteiger partial charge is 0.490 e. The van der Waals surface area contributed by atoms with Gasteiger partial charge in [0.1, 0.15) is 0 Å². The van der Waals surface area contributed by atoms with Crippen LogP contribution in [0.1, 0.15) is 12.0 Å². The molecule has 1 N–H and O–H groups in total. The molecule has 0 saturated carbocycles. The summed E-state index contributed by atoms with van der Waals surface area (Å²) < 4.78 is 11.2. The SMILES string of the molecule is CN(CC(=O)Nc1ccc2c(c1)OCCCO2)Cc1ccccc1Cl. The van der Waals surface area contributed by atoms with Crippen LogP contribution in [0, 0.1) is 0 Å². The summed E-state index contributed by atoms with van der Waals surface area (Å²) in [5.41, 5.74) is 1.69. The first-order chi connectivity index (χ1) is 12.1. The van der Waals surface area contributed by atoms with Crippen LogP contribution in [0.15, 0.2) is 42.5 Å². The van der Waals surface area contributed by atoms with Gasteiger partial charge in [0.05, 0.1) is 19.8 Å². The van der Waals surface area contributed by atoms with E-state index in [1.807, 2.05) is 48.3 Å². The van der Waals surface area contributed by atoms with E-state index in [9.17, 15) is 4.79 Å². The zero-order valence-corrected chi connectivity index (χ0v) is 14.9. The second-order valence-corrected chi connectivity index (χ2v) is 6.43. The van der Waals surface area contributed by atoms with Crippen molar-refractivity contribution in [1.29, 1.82) is 0 Å². The molecule has 3 rings (SSSR count). The number of nitrogens with one attached hydrogen (secondary N) is 1. The quantitative estimate of drug-likeness (QED) is 0.885. The third kappa shape index (κ3) is 4.87. The lowest BCUT2D eigenvalue weighted by Crippen LogP contribution is -2.29. The van der Waals surface area contributed by atoms with Gasteiger partial charge in [0.2, 0.25) is 5.91 Å². The lowest BCUT2D eigenvalue weighted by atomic mass is 10.2. The van der Waals surface area contributed by atoms with E-state index in [-0.39, 0.29) is 12.5 Å². The van der Waals surface area contributed by atoms with Gasteiger partial charge in [-0.1, -0.05) is 29.8 Å². The molecule has 0 spiro atoms. The summed E-state index contributed by atoms with van der Waals surface area (Å²) >= 11 is 6.16. The molecule has 0 bridgehead atoms. The Balaban J connectivity index is 1.57. The van der Waals surface area contributed by atoms with Crippen molar-refractivity contribution in [2.75, 3.05) is 32.1 Å². The van der Waals surface area contributed by atoms with Crippen LogP contribution in [0.3, 0.4) is 0 Å². The average molecular weight is 361 g/mol. The summed E-state index contributed by atoms with van der Waals surface area (Å²) in [6, 6.07) is 13.1. The molecule has 132 valence electrons. The van der Waals surface area contributed by atoms with Gasteiger partial charge in [-0.25, -0.2) is 0 Å². The normalized spacial score (nSPS) is 13.4. The highest BCUT2D eigenvalue weighted by Gasteiger charge is 2.13. The number of hydrogen-bond acceptors (Lipinski definition) is 4. The Labute approximate surface area is 152 Å². The number of hydrogen-bond donors (Lipinski definition) is 1. The Hall–Kier alpha value is -2.24. The van der Waals surface area contributed by atoms with Crippen molar-refractivity contribution in [3.63, 3.8) is 0 Å². The molecule has 0 radical (unpaired) electrons. The molecule has 2 aromatic carbocycles. The van der Waals surface area contributed by atoms with Crippen LogP contribution in [-0.4, -0.2) is 37.6 Å². The number of amides is 1. The lowest BCUT2D eigenvalue weighted by molar-refractivity contribution is -0.117. The number of halogens is 1. The van der Waals surface area contributed by atoms with E-state index >= 15 is 0 Å². The molecule has 0 aliphatic carbocycles. The van der Waals surface area contributed by atoms with Crippen molar-refractivity contribution in [3.8, 4) is 11.5 Å².